The fourth-order valence-corrected chi connectivity index (χ4v) is 2.21. The number of alkyl halides is 2. The van der Waals surface area contributed by atoms with Crippen molar-refractivity contribution in [2.45, 2.75) is 18.4 Å². The minimum absolute atomic E-state index is 0.153. The van der Waals surface area contributed by atoms with Gasteiger partial charge in [0.25, 0.3) is 5.92 Å². The third kappa shape index (κ3) is 1.85. The second-order valence-corrected chi connectivity index (χ2v) is 4.18. The van der Waals surface area contributed by atoms with Crippen LogP contribution in [0.1, 0.15) is 18.2 Å². The molecule has 0 saturated carbocycles. The number of nitrogens with zero attached hydrogens (tertiary/aromatic N) is 1. The van der Waals surface area contributed by atoms with Crippen molar-refractivity contribution in [2.75, 3.05) is 18.9 Å². The van der Waals surface area contributed by atoms with Gasteiger partial charge in [-0.25, -0.2) is 13.8 Å². The molecule has 0 aromatic carbocycles. The van der Waals surface area contributed by atoms with Crippen molar-refractivity contribution in [1.29, 1.82) is 0 Å². The second-order valence-electron chi connectivity index (χ2n) is 3.32. The summed E-state index contributed by atoms with van der Waals surface area (Å²) in [6.07, 6.45) is -0.153. The first-order valence-electron chi connectivity index (χ1n) is 4.35. The van der Waals surface area contributed by atoms with E-state index < -0.39 is 5.92 Å². The molecule has 1 aliphatic heterocycles. The molecule has 0 amide bonds. The van der Waals surface area contributed by atoms with Crippen LogP contribution in [0.3, 0.4) is 0 Å². The summed E-state index contributed by atoms with van der Waals surface area (Å²) in [5.41, 5.74) is 0.705. The van der Waals surface area contributed by atoms with Crippen molar-refractivity contribution >= 4 is 16.5 Å². The van der Waals surface area contributed by atoms with E-state index in [-0.39, 0.29) is 19.0 Å². The second kappa shape index (κ2) is 3.43. The molecule has 1 aromatic rings. The van der Waals surface area contributed by atoms with Gasteiger partial charge in [-0.1, -0.05) is 0 Å². The van der Waals surface area contributed by atoms with Crippen LogP contribution in [0, 0.1) is 0 Å². The van der Waals surface area contributed by atoms with Gasteiger partial charge in [0.1, 0.15) is 0 Å². The first kappa shape index (κ1) is 9.79. The molecule has 6 heteroatoms. The highest BCUT2D eigenvalue weighted by molar-refractivity contribution is 7.13. The van der Waals surface area contributed by atoms with Gasteiger partial charge in [0.2, 0.25) is 0 Å². The largest absolute Gasteiger partial charge is 0.365 e. The lowest BCUT2D eigenvalue weighted by Crippen LogP contribution is -2.19. The Balaban J connectivity index is 2.09. The van der Waals surface area contributed by atoms with E-state index in [2.05, 4.69) is 15.6 Å². The number of hydrogen-bond donors (Lipinski definition) is 2. The van der Waals surface area contributed by atoms with E-state index in [4.69, 9.17) is 0 Å². The lowest BCUT2D eigenvalue weighted by atomic mass is 10.1. The van der Waals surface area contributed by atoms with Crippen LogP contribution in [-0.2, 0) is 0 Å². The van der Waals surface area contributed by atoms with E-state index in [1.807, 2.05) is 5.38 Å². The Labute approximate surface area is 84.5 Å². The predicted molar refractivity (Wildman–Crippen MR) is 52.0 cm³/mol. The highest BCUT2D eigenvalue weighted by Gasteiger charge is 2.40. The van der Waals surface area contributed by atoms with E-state index in [1.165, 1.54) is 11.3 Å². The summed E-state index contributed by atoms with van der Waals surface area (Å²) >= 11 is 1.43. The van der Waals surface area contributed by atoms with Crippen molar-refractivity contribution in [3.05, 3.63) is 11.1 Å². The average Bonchev–Trinajstić information content (AvgIpc) is 2.70. The van der Waals surface area contributed by atoms with Crippen LogP contribution < -0.4 is 10.6 Å². The Morgan fingerprint density at radius 3 is 3.00 bits per heavy atom. The van der Waals surface area contributed by atoms with Gasteiger partial charge in [0.05, 0.1) is 18.3 Å². The van der Waals surface area contributed by atoms with Crippen molar-refractivity contribution in [3.8, 4) is 0 Å². The minimum Gasteiger partial charge on any atom is -0.365 e. The number of thiazole rings is 1. The van der Waals surface area contributed by atoms with Crippen molar-refractivity contribution in [3.63, 3.8) is 0 Å². The van der Waals surface area contributed by atoms with Crippen LogP contribution in [0.2, 0.25) is 0 Å². The molecule has 0 aliphatic carbocycles. The summed E-state index contributed by atoms with van der Waals surface area (Å²) in [5, 5.41) is 8.22. The van der Waals surface area contributed by atoms with Gasteiger partial charge in [-0.3, -0.25) is 0 Å². The van der Waals surface area contributed by atoms with Gasteiger partial charge in [-0.2, -0.15) is 0 Å². The normalized spacial score (nSPS) is 25.2. The monoisotopic (exact) mass is 219 g/mol. The number of rotatable bonds is 2. The third-order valence-corrected chi connectivity index (χ3v) is 3.08. The molecule has 0 bridgehead atoms. The highest BCUT2D eigenvalue weighted by atomic mass is 32.1. The van der Waals surface area contributed by atoms with Crippen LogP contribution in [0.4, 0.5) is 13.9 Å². The SMILES string of the molecule is CNc1nc(C2CC(F)(F)CN2)cs1. The van der Waals surface area contributed by atoms with E-state index in [1.54, 1.807) is 7.05 Å². The number of nitrogens with one attached hydrogen (secondary N) is 2. The maximum Gasteiger partial charge on any atom is 0.262 e. The third-order valence-electron chi connectivity index (χ3n) is 2.20. The smallest absolute Gasteiger partial charge is 0.262 e. The molecule has 1 atom stereocenters. The Morgan fingerprint density at radius 1 is 1.71 bits per heavy atom. The van der Waals surface area contributed by atoms with Crippen LogP contribution >= 0.6 is 11.3 Å². The topological polar surface area (TPSA) is 37.0 Å². The maximum absolute atomic E-state index is 12.9. The number of aromatic nitrogens is 1. The van der Waals surface area contributed by atoms with Gasteiger partial charge in [-0.15, -0.1) is 11.3 Å². The first-order valence-corrected chi connectivity index (χ1v) is 5.23. The van der Waals surface area contributed by atoms with Crippen molar-refractivity contribution < 1.29 is 8.78 Å². The van der Waals surface area contributed by atoms with E-state index in [0.717, 1.165) is 5.13 Å². The van der Waals surface area contributed by atoms with Crippen LogP contribution in [0.5, 0.6) is 0 Å². The number of anilines is 1. The Kier molecular flexibility index (Phi) is 2.40. The van der Waals surface area contributed by atoms with E-state index in [0.29, 0.717) is 5.69 Å². The van der Waals surface area contributed by atoms with E-state index >= 15 is 0 Å². The molecule has 2 rings (SSSR count). The molecule has 1 saturated heterocycles. The summed E-state index contributed by atoms with van der Waals surface area (Å²) in [5.74, 6) is -2.59. The highest BCUT2D eigenvalue weighted by Crippen LogP contribution is 2.34. The average molecular weight is 219 g/mol. The Bertz CT molecular complexity index is 326. The minimum atomic E-state index is -2.59. The summed E-state index contributed by atoms with van der Waals surface area (Å²) in [7, 11) is 1.76. The molecule has 14 heavy (non-hydrogen) atoms. The Hall–Kier alpha value is -0.750. The fourth-order valence-electron chi connectivity index (χ4n) is 1.49. The van der Waals surface area contributed by atoms with Crippen molar-refractivity contribution in [1.82, 2.24) is 10.3 Å². The summed E-state index contributed by atoms with van der Waals surface area (Å²) < 4.78 is 25.7. The van der Waals surface area contributed by atoms with Crippen molar-refractivity contribution in [2.24, 2.45) is 0 Å². The van der Waals surface area contributed by atoms with Crippen LogP contribution in [-0.4, -0.2) is 24.5 Å². The molecule has 0 spiro atoms. The molecule has 1 aromatic heterocycles. The number of hydrogen-bond acceptors (Lipinski definition) is 4. The molecule has 78 valence electrons. The van der Waals surface area contributed by atoms with Gasteiger partial charge < -0.3 is 10.6 Å². The molecular formula is C8H11F2N3S. The zero-order valence-electron chi connectivity index (χ0n) is 7.68. The van der Waals surface area contributed by atoms with Crippen LogP contribution in [0.15, 0.2) is 5.38 Å². The lowest BCUT2D eigenvalue weighted by molar-refractivity contribution is 0.0209. The Morgan fingerprint density at radius 2 is 2.50 bits per heavy atom. The van der Waals surface area contributed by atoms with Gasteiger partial charge in [0.15, 0.2) is 5.13 Å². The number of halogens is 2. The van der Waals surface area contributed by atoms with Gasteiger partial charge >= 0.3 is 0 Å². The summed E-state index contributed by atoms with van der Waals surface area (Å²) in [6, 6.07) is -0.302. The van der Waals surface area contributed by atoms with Crippen LogP contribution in [0.25, 0.3) is 0 Å². The standard InChI is InChI=1S/C8H11F2N3S/c1-11-7-13-6(3-14-7)5-2-8(9,10)4-12-5/h3,5,12H,2,4H2,1H3,(H,11,13). The fraction of sp³-hybridized carbons (Fsp3) is 0.625. The van der Waals surface area contributed by atoms with Gasteiger partial charge in [-0.05, 0) is 0 Å². The zero-order chi connectivity index (χ0) is 10.2. The molecule has 3 nitrogen and oxygen atoms in total. The molecule has 0 radical (unpaired) electrons. The summed E-state index contributed by atoms with van der Waals surface area (Å²) in [4.78, 5) is 4.19. The maximum atomic E-state index is 12.9. The molecule has 2 N–H and O–H groups in total. The molecule has 1 fully saturated rings. The molecule has 1 aliphatic rings. The molecular weight excluding hydrogens is 208 g/mol. The zero-order valence-corrected chi connectivity index (χ0v) is 8.50. The lowest BCUT2D eigenvalue weighted by Gasteiger charge is -2.06. The molecule has 2 heterocycles. The van der Waals surface area contributed by atoms with E-state index in [9.17, 15) is 8.78 Å². The van der Waals surface area contributed by atoms with Gasteiger partial charge in [0, 0.05) is 18.8 Å². The molecule has 1 unspecified atom stereocenters. The predicted octanol–water partition coefficient (Wildman–Crippen LogP) is 1.85. The quantitative estimate of drug-likeness (QED) is 0.797. The first-order chi connectivity index (χ1) is 6.61. The summed E-state index contributed by atoms with van der Waals surface area (Å²) in [6.45, 7) is -0.246.